The third kappa shape index (κ3) is 5.90. The minimum Gasteiger partial charge on any atom is -0.478 e. The number of nitriles is 1. The van der Waals surface area contributed by atoms with Crippen LogP contribution in [0.15, 0.2) is 71.8 Å². The highest BCUT2D eigenvalue weighted by atomic mass is 32.2. The molecule has 0 radical (unpaired) electrons. The zero-order chi connectivity index (χ0) is 34.1. The monoisotopic (exact) mass is 670 g/mol. The standard InChI is InChI=1S/C36H42N6O5S/c1-4-47-33-30(11-8-18-38-33)36(39-35(44)41-21-16-28(17-22-41)27-14-19-40(20-15-27)25(2)3)31-23-26(24-37)12-13-32(31)42(34(36)43)48(45,46)29-9-6-5-7-10-29/h5-13,18,23,25,27-28H,4,14-17,19-22H2,1-3H3,(H,39,44). The summed E-state index contributed by atoms with van der Waals surface area (Å²) in [7, 11) is -4.44. The lowest BCUT2D eigenvalue weighted by molar-refractivity contribution is -0.121. The number of hydrogen-bond acceptors (Lipinski definition) is 8. The van der Waals surface area contributed by atoms with E-state index in [9.17, 15) is 23.3 Å². The zero-order valence-corrected chi connectivity index (χ0v) is 28.4. The average Bonchev–Trinajstić information content (AvgIpc) is 3.36. The molecule has 11 nitrogen and oxygen atoms in total. The fourth-order valence-electron chi connectivity index (χ4n) is 7.49. The van der Waals surface area contributed by atoms with Crippen LogP contribution in [-0.2, 0) is 20.4 Å². The summed E-state index contributed by atoms with van der Waals surface area (Å²) in [4.78, 5) is 37.8. The first kappa shape index (κ1) is 33.4. The molecule has 4 heterocycles. The van der Waals surface area contributed by atoms with Gasteiger partial charge in [-0.1, -0.05) is 18.2 Å². The van der Waals surface area contributed by atoms with Crippen molar-refractivity contribution in [3.8, 4) is 11.9 Å². The van der Waals surface area contributed by atoms with Crippen molar-refractivity contribution >= 4 is 27.6 Å². The second-order valence-electron chi connectivity index (χ2n) is 13.0. The maximum atomic E-state index is 15.0. The highest BCUT2D eigenvalue weighted by Crippen LogP contribution is 2.49. The van der Waals surface area contributed by atoms with E-state index in [1.165, 1.54) is 36.5 Å². The van der Waals surface area contributed by atoms with E-state index in [0.29, 0.717) is 31.0 Å². The molecule has 2 aromatic carbocycles. The molecule has 1 atom stereocenters. The summed E-state index contributed by atoms with van der Waals surface area (Å²) in [5.74, 6) is 0.293. The molecule has 0 spiro atoms. The van der Waals surface area contributed by atoms with Crippen LogP contribution >= 0.6 is 0 Å². The van der Waals surface area contributed by atoms with Crippen LogP contribution in [0.5, 0.6) is 5.88 Å². The van der Waals surface area contributed by atoms with Crippen molar-refractivity contribution in [2.45, 2.75) is 62.9 Å². The fourth-order valence-corrected chi connectivity index (χ4v) is 8.98. The van der Waals surface area contributed by atoms with Gasteiger partial charge in [0.15, 0.2) is 5.54 Å². The minimum atomic E-state index is -4.44. The van der Waals surface area contributed by atoms with Crippen molar-refractivity contribution in [3.63, 3.8) is 0 Å². The number of nitrogens with zero attached hydrogens (tertiary/aromatic N) is 5. The van der Waals surface area contributed by atoms with Crippen LogP contribution in [0.4, 0.5) is 10.5 Å². The number of carbonyl (C=O) groups is 2. The highest BCUT2D eigenvalue weighted by Gasteiger charge is 2.59. The third-order valence-electron chi connectivity index (χ3n) is 10.1. The van der Waals surface area contributed by atoms with Crippen LogP contribution in [0, 0.1) is 23.2 Å². The van der Waals surface area contributed by atoms with Crippen molar-refractivity contribution in [3.05, 3.63) is 83.6 Å². The molecule has 252 valence electrons. The number of fused-ring (bicyclic) bond motifs is 1. The summed E-state index contributed by atoms with van der Waals surface area (Å²) in [5, 5.41) is 12.9. The zero-order valence-electron chi connectivity index (χ0n) is 27.6. The predicted molar refractivity (Wildman–Crippen MR) is 181 cm³/mol. The molecule has 0 aliphatic carbocycles. The molecule has 0 saturated carbocycles. The third-order valence-corrected chi connectivity index (χ3v) is 11.8. The summed E-state index contributed by atoms with van der Waals surface area (Å²) < 4.78 is 35.0. The summed E-state index contributed by atoms with van der Waals surface area (Å²) in [6, 6.07) is 17.4. The Labute approximate surface area is 282 Å². The number of urea groups is 1. The second kappa shape index (κ2) is 13.6. The van der Waals surface area contributed by atoms with Crippen molar-refractivity contribution in [1.82, 2.24) is 20.1 Å². The average molecular weight is 671 g/mol. The molecule has 1 aromatic heterocycles. The predicted octanol–water partition coefficient (Wildman–Crippen LogP) is 4.87. The summed E-state index contributed by atoms with van der Waals surface area (Å²) in [6.07, 6.45) is 5.50. The molecule has 2 fully saturated rings. The van der Waals surface area contributed by atoms with Gasteiger partial charge in [-0.3, -0.25) is 4.79 Å². The molecule has 3 aromatic rings. The van der Waals surface area contributed by atoms with Gasteiger partial charge in [0.1, 0.15) is 0 Å². The maximum Gasteiger partial charge on any atom is 0.318 e. The van der Waals surface area contributed by atoms with Gasteiger partial charge in [0.25, 0.3) is 15.9 Å². The number of pyridine rings is 1. The molecule has 12 heteroatoms. The topological polar surface area (TPSA) is 136 Å². The molecule has 1 unspecified atom stereocenters. The smallest absolute Gasteiger partial charge is 0.318 e. The molecule has 0 bridgehead atoms. The number of benzene rings is 2. The Morgan fingerprint density at radius 1 is 1.00 bits per heavy atom. The first-order valence-corrected chi connectivity index (χ1v) is 18.1. The summed E-state index contributed by atoms with van der Waals surface area (Å²) in [5.41, 5.74) is -1.48. The van der Waals surface area contributed by atoms with E-state index in [0.717, 1.165) is 43.1 Å². The number of ether oxygens (including phenoxy) is 1. The minimum absolute atomic E-state index is 0.0425. The van der Waals surface area contributed by atoms with Crippen molar-refractivity contribution in [1.29, 1.82) is 5.26 Å². The molecule has 48 heavy (non-hydrogen) atoms. The Kier molecular flexibility index (Phi) is 9.45. The number of aromatic nitrogens is 1. The van der Waals surface area contributed by atoms with Gasteiger partial charge in [0.2, 0.25) is 5.88 Å². The molecule has 6 rings (SSSR count). The number of likely N-dealkylation sites (tertiary alicyclic amines) is 2. The highest BCUT2D eigenvalue weighted by molar-refractivity contribution is 7.93. The van der Waals surface area contributed by atoms with Gasteiger partial charge in [0, 0.05) is 30.9 Å². The quantitative estimate of drug-likeness (QED) is 0.359. The Morgan fingerprint density at radius 2 is 1.67 bits per heavy atom. The van der Waals surface area contributed by atoms with Crippen molar-refractivity contribution in [2.24, 2.45) is 11.8 Å². The molecular weight excluding hydrogens is 628 g/mol. The Hall–Kier alpha value is -4.47. The first-order chi connectivity index (χ1) is 23.1. The number of hydrogen-bond donors (Lipinski definition) is 1. The van der Waals surface area contributed by atoms with Crippen LogP contribution < -0.4 is 14.4 Å². The fraction of sp³-hybridized carbons (Fsp3) is 0.444. The number of piperidine rings is 2. The number of rotatable bonds is 8. The molecular formula is C36H42N6O5S. The number of sulfonamides is 1. The largest absolute Gasteiger partial charge is 0.478 e. The molecule has 1 N–H and O–H groups in total. The van der Waals surface area contributed by atoms with Gasteiger partial charge in [-0.15, -0.1) is 0 Å². The van der Waals surface area contributed by atoms with Gasteiger partial charge in [-0.25, -0.2) is 18.2 Å². The number of amides is 3. The Balaban J connectivity index is 1.38. The second-order valence-corrected chi connectivity index (χ2v) is 14.8. The van der Waals surface area contributed by atoms with E-state index in [1.807, 2.05) is 0 Å². The van der Waals surface area contributed by atoms with Crippen LogP contribution in [0.1, 0.15) is 63.1 Å². The Morgan fingerprint density at radius 3 is 2.29 bits per heavy atom. The van der Waals surface area contributed by atoms with Crippen molar-refractivity contribution in [2.75, 3.05) is 37.1 Å². The maximum absolute atomic E-state index is 15.0. The number of nitrogens with one attached hydrogen (secondary N) is 1. The van der Waals surface area contributed by atoms with Crippen LogP contribution in [0.3, 0.4) is 0 Å². The van der Waals surface area contributed by atoms with E-state index in [1.54, 1.807) is 42.2 Å². The van der Waals surface area contributed by atoms with E-state index < -0.39 is 27.5 Å². The molecule has 2 saturated heterocycles. The Bertz CT molecular complexity index is 1810. The van der Waals surface area contributed by atoms with Crippen LogP contribution in [-0.4, -0.2) is 74.0 Å². The van der Waals surface area contributed by atoms with E-state index in [2.05, 4.69) is 35.1 Å². The van der Waals surface area contributed by atoms with Crippen LogP contribution in [0.2, 0.25) is 0 Å². The van der Waals surface area contributed by atoms with Gasteiger partial charge in [0.05, 0.1) is 34.4 Å². The number of carbonyl (C=O) groups excluding carboxylic acids is 2. The van der Waals surface area contributed by atoms with E-state index >= 15 is 0 Å². The van der Waals surface area contributed by atoms with Gasteiger partial charge in [-0.2, -0.15) is 9.57 Å². The van der Waals surface area contributed by atoms with Gasteiger partial charge < -0.3 is 19.9 Å². The first-order valence-electron chi connectivity index (χ1n) is 16.7. The lowest BCUT2D eigenvalue weighted by Gasteiger charge is -2.42. The van der Waals surface area contributed by atoms with Crippen LogP contribution in [0.25, 0.3) is 0 Å². The van der Waals surface area contributed by atoms with E-state index in [4.69, 9.17) is 4.74 Å². The summed E-state index contributed by atoms with van der Waals surface area (Å²) in [6.45, 7) is 9.64. The number of anilines is 1. The lowest BCUT2D eigenvalue weighted by atomic mass is 9.78. The van der Waals surface area contributed by atoms with Gasteiger partial charge in [-0.05, 0) is 114 Å². The normalized spacial score (nSPS) is 20.9. The van der Waals surface area contributed by atoms with E-state index in [-0.39, 0.29) is 39.8 Å². The molecule has 3 aliphatic rings. The summed E-state index contributed by atoms with van der Waals surface area (Å²) >= 11 is 0. The SMILES string of the molecule is CCOc1ncccc1C1(NC(=O)N2CCC(C3CCN(C(C)C)CC3)CC2)C(=O)N(S(=O)(=O)c2ccccc2)c2ccc(C#N)cc21. The molecule has 3 amide bonds. The van der Waals surface area contributed by atoms with Gasteiger partial charge >= 0.3 is 6.03 Å². The molecule has 3 aliphatic heterocycles. The lowest BCUT2D eigenvalue weighted by Crippen LogP contribution is -2.58. The van der Waals surface area contributed by atoms with Crippen molar-refractivity contribution < 1.29 is 22.7 Å².